The van der Waals surface area contributed by atoms with Crippen LogP contribution in [0.2, 0.25) is 0 Å². The van der Waals surface area contributed by atoms with E-state index in [0.717, 1.165) is 0 Å². The molecule has 0 heteroatoms. The van der Waals surface area contributed by atoms with Crippen LogP contribution in [-0.2, 0) is 0 Å². The average molecular weight is 260 g/mol. The van der Waals surface area contributed by atoms with Crippen molar-refractivity contribution < 1.29 is 0 Å². The molecule has 2 aromatic rings. The minimum absolute atomic E-state index is 0.298. The van der Waals surface area contributed by atoms with Gasteiger partial charge in [0.25, 0.3) is 0 Å². The fourth-order valence-corrected chi connectivity index (χ4v) is 2.39. The third-order valence-corrected chi connectivity index (χ3v) is 3.33. The molecule has 0 bridgehead atoms. The van der Waals surface area contributed by atoms with Crippen LogP contribution in [0, 0.1) is 0 Å². The molecule has 2 rings (SSSR count). The molecule has 0 saturated carbocycles. The van der Waals surface area contributed by atoms with Gasteiger partial charge in [0.2, 0.25) is 0 Å². The molecule has 20 heavy (non-hydrogen) atoms. The Morgan fingerprint density at radius 2 is 1.35 bits per heavy atom. The van der Waals surface area contributed by atoms with Crippen molar-refractivity contribution in [3.63, 3.8) is 0 Å². The predicted molar refractivity (Wildman–Crippen MR) is 87.8 cm³/mol. The lowest BCUT2D eigenvalue weighted by molar-refractivity contribution is 0.946. The Morgan fingerprint density at radius 1 is 0.850 bits per heavy atom. The summed E-state index contributed by atoms with van der Waals surface area (Å²) in [6, 6.07) is 21.2. The first-order chi connectivity index (χ1) is 9.83. The van der Waals surface area contributed by atoms with Crippen LogP contribution in [0.1, 0.15) is 24.0 Å². The van der Waals surface area contributed by atoms with Gasteiger partial charge in [0.05, 0.1) is 0 Å². The van der Waals surface area contributed by atoms with E-state index in [1.165, 1.54) is 16.7 Å². The third kappa shape index (κ3) is 3.58. The van der Waals surface area contributed by atoms with Crippen LogP contribution in [0.15, 0.2) is 97.1 Å². The monoisotopic (exact) mass is 260 g/mol. The van der Waals surface area contributed by atoms with E-state index in [4.69, 9.17) is 0 Å². The maximum absolute atomic E-state index is 3.70. The van der Waals surface area contributed by atoms with E-state index in [9.17, 15) is 0 Å². The number of benzene rings is 2. The smallest absolute Gasteiger partial charge is 0.0299 e. The Bertz CT molecular complexity index is 549. The Balaban J connectivity index is 2.42. The van der Waals surface area contributed by atoms with Gasteiger partial charge in [-0.05, 0) is 18.1 Å². The molecule has 0 nitrogen and oxygen atoms in total. The van der Waals surface area contributed by atoms with Crippen molar-refractivity contribution in [2.24, 2.45) is 0 Å². The van der Waals surface area contributed by atoms with E-state index in [2.05, 4.69) is 80.2 Å². The van der Waals surface area contributed by atoms with Gasteiger partial charge in [-0.3, -0.25) is 0 Å². The molecule has 0 N–H and O–H groups in total. The molecule has 0 aromatic heterocycles. The lowest BCUT2D eigenvalue weighted by atomic mass is 9.85. The Labute approximate surface area is 121 Å². The van der Waals surface area contributed by atoms with Crippen LogP contribution in [-0.4, -0.2) is 0 Å². The molecule has 0 fully saturated rings. The van der Waals surface area contributed by atoms with Gasteiger partial charge in [0.1, 0.15) is 0 Å². The van der Waals surface area contributed by atoms with Crippen molar-refractivity contribution in [1.29, 1.82) is 0 Å². The molecule has 0 spiro atoms. The summed E-state index contributed by atoms with van der Waals surface area (Å²) < 4.78 is 0. The quantitative estimate of drug-likeness (QED) is 0.622. The van der Waals surface area contributed by atoms with Crippen molar-refractivity contribution in [3.8, 4) is 0 Å². The first kappa shape index (κ1) is 14.1. The Kier molecular flexibility index (Phi) is 5.14. The van der Waals surface area contributed by atoms with Gasteiger partial charge in [0.15, 0.2) is 0 Å². The largest absolute Gasteiger partial charge is 0.0991 e. The van der Waals surface area contributed by atoms with Crippen LogP contribution >= 0.6 is 0 Å². The standard InChI is InChI=1S/C20H20/c1-3-4-7-12-17(2)20(18-13-8-5-9-14-18)19-15-10-6-11-16-19/h3-16,20H,1H2,2H3/b7-4-,17-12+. The zero-order valence-corrected chi connectivity index (χ0v) is 11.9. The van der Waals surface area contributed by atoms with Crippen LogP contribution < -0.4 is 0 Å². The highest BCUT2D eigenvalue weighted by Gasteiger charge is 2.14. The number of rotatable bonds is 5. The summed E-state index contributed by atoms with van der Waals surface area (Å²) >= 11 is 0. The summed E-state index contributed by atoms with van der Waals surface area (Å²) in [7, 11) is 0. The molecular formula is C20H20. The molecule has 0 atom stereocenters. The second-order valence-corrected chi connectivity index (χ2v) is 4.79. The molecule has 0 aliphatic carbocycles. The fourth-order valence-electron chi connectivity index (χ4n) is 2.39. The van der Waals surface area contributed by atoms with Gasteiger partial charge in [0, 0.05) is 5.92 Å². The van der Waals surface area contributed by atoms with Crippen LogP contribution in [0.5, 0.6) is 0 Å². The lowest BCUT2D eigenvalue weighted by Gasteiger charge is -2.19. The second kappa shape index (κ2) is 7.30. The van der Waals surface area contributed by atoms with Crippen molar-refractivity contribution >= 4 is 0 Å². The minimum atomic E-state index is 0.298. The van der Waals surface area contributed by atoms with Gasteiger partial charge in [-0.1, -0.05) is 97.1 Å². The van der Waals surface area contributed by atoms with Crippen molar-refractivity contribution in [1.82, 2.24) is 0 Å². The summed E-state index contributed by atoms with van der Waals surface area (Å²) in [4.78, 5) is 0. The van der Waals surface area contributed by atoms with E-state index in [-0.39, 0.29) is 0 Å². The molecule has 100 valence electrons. The maximum Gasteiger partial charge on any atom is 0.0299 e. The number of allylic oxidation sites excluding steroid dienone is 5. The third-order valence-electron chi connectivity index (χ3n) is 3.33. The summed E-state index contributed by atoms with van der Waals surface area (Å²) in [5.74, 6) is 0.298. The molecule has 0 heterocycles. The molecule has 0 aliphatic heterocycles. The first-order valence-corrected chi connectivity index (χ1v) is 6.88. The van der Waals surface area contributed by atoms with Gasteiger partial charge in [-0.15, -0.1) is 0 Å². The summed E-state index contributed by atoms with van der Waals surface area (Å²) in [6.07, 6.45) is 7.95. The van der Waals surface area contributed by atoms with E-state index >= 15 is 0 Å². The van der Waals surface area contributed by atoms with Crippen molar-refractivity contribution in [2.75, 3.05) is 0 Å². The molecular weight excluding hydrogens is 240 g/mol. The van der Waals surface area contributed by atoms with Gasteiger partial charge in [-0.2, -0.15) is 0 Å². The number of hydrogen-bond donors (Lipinski definition) is 0. The molecule has 0 unspecified atom stereocenters. The molecule has 0 aliphatic rings. The van der Waals surface area contributed by atoms with Crippen LogP contribution in [0.4, 0.5) is 0 Å². The summed E-state index contributed by atoms with van der Waals surface area (Å²) in [5, 5.41) is 0. The zero-order chi connectivity index (χ0) is 14.2. The van der Waals surface area contributed by atoms with Crippen LogP contribution in [0.25, 0.3) is 0 Å². The van der Waals surface area contributed by atoms with Crippen LogP contribution in [0.3, 0.4) is 0 Å². The normalized spacial score (nSPS) is 12.0. The lowest BCUT2D eigenvalue weighted by Crippen LogP contribution is -2.02. The average Bonchev–Trinajstić information content (AvgIpc) is 2.50. The van der Waals surface area contributed by atoms with E-state index in [0.29, 0.717) is 5.92 Å². The fraction of sp³-hybridized carbons (Fsp3) is 0.100. The zero-order valence-electron chi connectivity index (χ0n) is 11.9. The van der Waals surface area contributed by atoms with Gasteiger partial charge < -0.3 is 0 Å². The van der Waals surface area contributed by atoms with E-state index in [1.807, 2.05) is 12.2 Å². The highest BCUT2D eigenvalue weighted by molar-refractivity contribution is 5.41. The SMILES string of the molecule is C=C/C=C\C=C(/C)C(c1ccccc1)c1ccccc1. The minimum Gasteiger partial charge on any atom is -0.0991 e. The Hall–Kier alpha value is -2.34. The maximum atomic E-state index is 3.70. The highest BCUT2D eigenvalue weighted by Crippen LogP contribution is 2.31. The molecule has 0 saturated heterocycles. The predicted octanol–water partition coefficient (Wildman–Crippen LogP) is 5.51. The topological polar surface area (TPSA) is 0 Å². The molecule has 0 amide bonds. The molecule has 2 aromatic carbocycles. The van der Waals surface area contributed by atoms with Gasteiger partial charge >= 0.3 is 0 Å². The first-order valence-electron chi connectivity index (χ1n) is 6.88. The Morgan fingerprint density at radius 3 is 1.80 bits per heavy atom. The molecule has 0 radical (unpaired) electrons. The van der Waals surface area contributed by atoms with Crippen molar-refractivity contribution in [3.05, 3.63) is 108 Å². The van der Waals surface area contributed by atoms with Gasteiger partial charge in [-0.25, -0.2) is 0 Å². The second-order valence-electron chi connectivity index (χ2n) is 4.79. The van der Waals surface area contributed by atoms with E-state index < -0.39 is 0 Å². The summed E-state index contributed by atoms with van der Waals surface area (Å²) in [6.45, 7) is 5.88. The van der Waals surface area contributed by atoms with Crippen molar-refractivity contribution in [2.45, 2.75) is 12.8 Å². The highest BCUT2D eigenvalue weighted by atomic mass is 14.2. The number of hydrogen-bond acceptors (Lipinski definition) is 0. The summed E-state index contributed by atoms with van der Waals surface area (Å²) in [5.41, 5.74) is 3.96. The van der Waals surface area contributed by atoms with E-state index in [1.54, 1.807) is 6.08 Å².